The fourth-order valence-electron chi connectivity index (χ4n) is 2.52. The van der Waals surface area contributed by atoms with E-state index in [0.29, 0.717) is 29.6 Å². The van der Waals surface area contributed by atoms with Crippen LogP contribution < -0.4 is 14.8 Å². The number of rotatable bonds is 7. The van der Waals surface area contributed by atoms with Crippen LogP contribution in [0.4, 0.5) is 0 Å². The molecule has 1 aromatic carbocycles. The average Bonchev–Trinajstić information content (AvgIpc) is 2.89. The number of hydrogen-bond acceptors (Lipinski definition) is 6. The third-order valence-electron chi connectivity index (χ3n) is 3.89. The van der Waals surface area contributed by atoms with Crippen molar-refractivity contribution in [1.29, 1.82) is 0 Å². The highest BCUT2D eigenvalue weighted by Crippen LogP contribution is 2.28. The molecule has 1 aliphatic heterocycles. The van der Waals surface area contributed by atoms with Crippen molar-refractivity contribution >= 4 is 28.7 Å². The lowest BCUT2D eigenvalue weighted by Gasteiger charge is -2.11. The van der Waals surface area contributed by atoms with Gasteiger partial charge in [0.15, 0.2) is 16.7 Å². The lowest BCUT2D eigenvalue weighted by molar-refractivity contribution is -0.128. The van der Waals surface area contributed by atoms with E-state index in [9.17, 15) is 9.59 Å². The molecule has 1 heterocycles. The number of amidine groups is 1. The first-order valence-corrected chi connectivity index (χ1v) is 8.76. The van der Waals surface area contributed by atoms with E-state index in [1.165, 1.54) is 16.7 Å². The van der Waals surface area contributed by atoms with Gasteiger partial charge in [0.1, 0.15) is 5.25 Å². The summed E-state index contributed by atoms with van der Waals surface area (Å²) in [6.07, 6.45) is 0.818. The van der Waals surface area contributed by atoms with Crippen LogP contribution in [0.5, 0.6) is 11.5 Å². The van der Waals surface area contributed by atoms with Crippen molar-refractivity contribution in [3.63, 3.8) is 0 Å². The van der Waals surface area contributed by atoms with Crippen molar-refractivity contribution in [2.45, 2.75) is 18.1 Å². The van der Waals surface area contributed by atoms with Gasteiger partial charge in [-0.25, -0.2) is 0 Å². The predicted octanol–water partition coefficient (Wildman–Crippen LogP) is 1.31. The molecule has 7 nitrogen and oxygen atoms in total. The molecule has 0 unspecified atom stereocenters. The summed E-state index contributed by atoms with van der Waals surface area (Å²) >= 11 is 1.33. The molecule has 1 atom stereocenters. The van der Waals surface area contributed by atoms with Crippen molar-refractivity contribution in [2.75, 3.05) is 34.9 Å². The Kier molecular flexibility index (Phi) is 6.69. The minimum absolute atomic E-state index is 0.0827. The zero-order valence-corrected chi connectivity index (χ0v) is 15.7. The Morgan fingerprint density at radius 1 is 1.32 bits per heavy atom. The molecule has 1 N–H and O–H groups in total. The molecular weight excluding hydrogens is 342 g/mol. The Hall–Kier alpha value is -2.22. The van der Waals surface area contributed by atoms with Gasteiger partial charge in [-0.05, 0) is 24.1 Å². The standard InChI is InChI=1S/C17H23N3O4S/c1-18-17-20(2)16(22)14(25-17)10-15(21)19-8-7-11-5-6-12(23-3)13(9-11)24-4/h5-6,9,14H,7-8,10H2,1-4H3,(H,19,21)/t14-/m0/s1. The zero-order valence-electron chi connectivity index (χ0n) is 14.9. The monoisotopic (exact) mass is 365 g/mol. The van der Waals surface area contributed by atoms with Crippen LogP contribution in [0.3, 0.4) is 0 Å². The highest BCUT2D eigenvalue weighted by Gasteiger charge is 2.36. The SMILES string of the molecule is CN=C1S[C@@H](CC(=O)NCCc2ccc(OC)c(OC)c2)C(=O)N1C. The van der Waals surface area contributed by atoms with Crippen LogP contribution >= 0.6 is 11.8 Å². The minimum atomic E-state index is -0.398. The minimum Gasteiger partial charge on any atom is -0.493 e. The molecule has 136 valence electrons. The van der Waals surface area contributed by atoms with E-state index in [1.54, 1.807) is 28.3 Å². The predicted molar refractivity (Wildman–Crippen MR) is 98.4 cm³/mol. The van der Waals surface area contributed by atoms with E-state index >= 15 is 0 Å². The second kappa shape index (κ2) is 8.75. The van der Waals surface area contributed by atoms with Gasteiger partial charge in [-0.2, -0.15) is 0 Å². The van der Waals surface area contributed by atoms with Crippen LogP contribution in [0.1, 0.15) is 12.0 Å². The number of hydrogen-bond donors (Lipinski definition) is 1. The highest BCUT2D eigenvalue weighted by atomic mass is 32.2. The van der Waals surface area contributed by atoms with Crippen LogP contribution in [0.2, 0.25) is 0 Å². The second-order valence-corrected chi connectivity index (χ2v) is 6.67. The fourth-order valence-corrected chi connectivity index (χ4v) is 3.62. The third kappa shape index (κ3) is 4.66. The first-order chi connectivity index (χ1) is 12.0. The number of benzene rings is 1. The van der Waals surface area contributed by atoms with Gasteiger partial charge in [-0.1, -0.05) is 17.8 Å². The van der Waals surface area contributed by atoms with E-state index in [1.807, 2.05) is 18.2 Å². The van der Waals surface area contributed by atoms with Gasteiger partial charge in [0.05, 0.1) is 14.2 Å². The maximum atomic E-state index is 12.1. The number of nitrogens with one attached hydrogen (secondary N) is 1. The van der Waals surface area contributed by atoms with Gasteiger partial charge in [-0.15, -0.1) is 0 Å². The van der Waals surface area contributed by atoms with Crippen LogP contribution in [-0.2, 0) is 16.0 Å². The van der Waals surface area contributed by atoms with Crippen molar-refractivity contribution < 1.29 is 19.1 Å². The topological polar surface area (TPSA) is 80.2 Å². The Labute approximate surface area is 151 Å². The molecular formula is C17H23N3O4S. The van der Waals surface area contributed by atoms with Crippen molar-refractivity contribution in [1.82, 2.24) is 10.2 Å². The summed E-state index contributed by atoms with van der Waals surface area (Å²) < 4.78 is 10.5. The maximum absolute atomic E-state index is 12.1. The van der Waals surface area contributed by atoms with Gasteiger partial charge in [0.2, 0.25) is 11.8 Å². The smallest absolute Gasteiger partial charge is 0.242 e. The Bertz CT molecular complexity index is 678. The highest BCUT2D eigenvalue weighted by molar-refractivity contribution is 8.15. The van der Waals surface area contributed by atoms with Gasteiger partial charge in [0, 0.05) is 27.1 Å². The molecule has 25 heavy (non-hydrogen) atoms. The molecule has 0 saturated carbocycles. The lowest BCUT2D eigenvalue weighted by atomic mass is 10.1. The van der Waals surface area contributed by atoms with E-state index in [-0.39, 0.29) is 18.2 Å². The number of thioether (sulfide) groups is 1. The number of ether oxygens (including phenoxy) is 2. The Balaban J connectivity index is 1.82. The number of carbonyl (C=O) groups is 2. The van der Waals surface area contributed by atoms with Crippen LogP contribution in [0.15, 0.2) is 23.2 Å². The van der Waals surface area contributed by atoms with Crippen molar-refractivity contribution in [3.05, 3.63) is 23.8 Å². The Morgan fingerprint density at radius 2 is 2.04 bits per heavy atom. The number of methoxy groups -OCH3 is 2. The second-order valence-electron chi connectivity index (χ2n) is 5.50. The molecule has 0 radical (unpaired) electrons. The number of carbonyl (C=O) groups excluding carboxylic acids is 2. The van der Waals surface area contributed by atoms with E-state index in [0.717, 1.165) is 5.56 Å². The van der Waals surface area contributed by atoms with E-state index in [2.05, 4.69) is 10.3 Å². The molecule has 0 spiro atoms. The van der Waals surface area contributed by atoms with Crippen molar-refractivity contribution in [2.24, 2.45) is 4.99 Å². The molecule has 1 saturated heterocycles. The van der Waals surface area contributed by atoms with Crippen LogP contribution in [0.25, 0.3) is 0 Å². The maximum Gasteiger partial charge on any atom is 0.242 e. The number of amides is 2. The average molecular weight is 365 g/mol. The summed E-state index contributed by atoms with van der Waals surface area (Å²) in [5.74, 6) is 1.11. The molecule has 8 heteroatoms. The summed E-state index contributed by atoms with van der Waals surface area (Å²) in [6.45, 7) is 0.491. The molecule has 0 aliphatic carbocycles. The van der Waals surface area contributed by atoms with E-state index < -0.39 is 5.25 Å². The molecule has 0 bridgehead atoms. The molecule has 2 rings (SSSR count). The van der Waals surface area contributed by atoms with Crippen molar-refractivity contribution in [3.8, 4) is 11.5 Å². The normalized spacial score (nSPS) is 18.6. The van der Waals surface area contributed by atoms with Gasteiger partial charge in [-0.3, -0.25) is 19.5 Å². The first kappa shape index (κ1) is 19.1. The summed E-state index contributed by atoms with van der Waals surface area (Å²) in [4.78, 5) is 29.7. The molecule has 0 aromatic heterocycles. The summed E-state index contributed by atoms with van der Waals surface area (Å²) in [7, 11) is 6.49. The molecule has 2 amide bonds. The lowest BCUT2D eigenvalue weighted by Crippen LogP contribution is -2.33. The number of aliphatic imine (C=N–C) groups is 1. The van der Waals surface area contributed by atoms with Gasteiger partial charge < -0.3 is 14.8 Å². The summed E-state index contributed by atoms with van der Waals surface area (Å²) in [5, 5.41) is 3.11. The van der Waals surface area contributed by atoms with Crippen LogP contribution in [0, 0.1) is 0 Å². The van der Waals surface area contributed by atoms with Gasteiger partial charge in [0.25, 0.3) is 0 Å². The van der Waals surface area contributed by atoms with E-state index in [4.69, 9.17) is 9.47 Å². The fraction of sp³-hybridized carbons (Fsp3) is 0.471. The summed E-state index contributed by atoms with van der Waals surface area (Å²) in [5.41, 5.74) is 1.03. The molecule has 1 aliphatic rings. The van der Waals surface area contributed by atoms with Gasteiger partial charge >= 0.3 is 0 Å². The Morgan fingerprint density at radius 3 is 2.64 bits per heavy atom. The molecule has 1 fully saturated rings. The number of nitrogens with zero attached hydrogens (tertiary/aromatic N) is 2. The van der Waals surface area contributed by atoms with Crippen LogP contribution in [-0.4, -0.2) is 62.0 Å². The summed E-state index contributed by atoms with van der Waals surface area (Å²) in [6, 6.07) is 5.66. The first-order valence-electron chi connectivity index (χ1n) is 7.88. The quantitative estimate of drug-likeness (QED) is 0.788. The third-order valence-corrected chi connectivity index (χ3v) is 5.21. The molecule has 1 aromatic rings. The zero-order chi connectivity index (χ0) is 18.4. The largest absolute Gasteiger partial charge is 0.493 e.